The van der Waals surface area contributed by atoms with Crippen molar-refractivity contribution in [1.82, 2.24) is 19.2 Å². The monoisotopic (exact) mass is 459 g/mol. The van der Waals surface area contributed by atoms with Gasteiger partial charge in [0.25, 0.3) is 0 Å². The highest BCUT2D eigenvalue weighted by Gasteiger charge is 2.24. The maximum atomic E-state index is 12.9. The van der Waals surface area contributed by atoms with Crippen molar-refractivity contribution in [2.45, 2.75) is 38.1 Å². The van der Waals surface area contributed by atoms with E-state index in [0.29, 0.717) is 31.0 Å². The van der Waals surface area contributed by atoms with Crippen LogP contribution in [0, 0.1) is 6.92 Å². The van der Waals surface area contributed by atoms with Crippen LogP contribution >= 0.6 is 0 Å². The van der Waals surface area contributed by atoms with E-state index in [9.17, 15) is 13.2 Å². The summed E-state index contributed by atoms with van der Waals surface area (Å²) in [6.07, 6.45) is 7.56. The number of methoxy groups -OCH3 is 1. The number of benzene rings is 1. The summed E-state index contributed by atoms with van der Waals surface area (Å²) in [5.74, 6) is 0.659. The van der Waals surface area contributed by atoms with Crippen LogP contribution in [0.4, 0.5) is 10.5 Å². The van der Waals surface area contributed by atoms with E-state index < -0.39 is 16.1 Å². The standard InChI is InChI=1S/C22H29N5O4S/c1-5-26(6-2)22(28)24-17-7-10-19(11-8-17)32(29,30)25-18-9-12-20(21(13-18)31-4)27-14-16(3)23-15-27/h7-12,14-15,18,25H,5-6,13H2,1-4H3,(H,24,28). The molecule has 0 bridgehead atoms. The number of nitrogens with zero attached hydrogens (tertiary/aromatic N) is 3. The third-order valence-electron chi connectivity index (χ3n) is 5.19. The van der Waals surface area contributed by atoms with Crippen LogP contribution in [0.3, 0.4) is 0 Å². The van der Waals surface area contributed by atoms with E-state index in [1.807, 2.05) is 37.6 Å². The summed E-state index contributed by atoms with van der Waals surface area (Å²) >= 11 is 0. The van der Waals surface area contributed by atoms with Gasteiger partial charge in [-0.15, -0.1) is 0 Å². The number of rotatable bonds is 8. The Morgan fingerprint density at radius 1 is 1.25 bits per heavy atom. The first-order valence-corrected chi connectivity index (χ1v) is 11.9. The first kappa shape index (κ1) is 23.6. The Morgan fingerprint density at radius 2 is 1.94 bits per heavy atom. The van der Waals surface area contributed by atoms with Gasteiger partial charge in [-0.25, -0.2) is 22.9 Å². The third-order valence-corrected chi connectivity index (χ3v) is 6.69. The molecule has 2 N–H and O–H groups in total. The maximum absolute atomic E-state index is 12.9. The fourth-order valence-electron chi connectivity index (χ4n) is 3.42. The number of anilines is 1. The number of hydrogen-bond acceptors (Lipinski definition) is 5. The van der Waals surface area contributed by atoms with Crippen molar-refractivity contribution in [3.8, 4) is 0 Å². The fourth-order valence-corrected chi connectivity index (χ4v) is 4.61. The first-order chi connectivity index (χ1) is 15.3. The molecule has 0 fully saturated rings. The Kier molecular flexibility index (Phi) is 7.37. The molecule has 10 heteroatoms. The lowest BCUT2D eigenvalue weighted by Gasteiger charge is -2.23. The third kappa shape index (κ3) is 5.38. The number of aryl methyl sites for hydroxylation is 1. The molecule has 0 aliphatic heterocycles. The molecule has 9 nitrogen and oxygen atoms in total. The normalized spacial score (nSPS) is 16.2. The highest BCUT2D eigenvalue weighted by atomic mass is 32.2. The molecule has 0 radical (unpaired) electrons. The summed E-state index contributed by atoms with van der Waals surface area (Å²) in [4.78, 5) is 18.1. The summed E-state index contributed by atoms with van der Waals surface area (Å²) in [5, 5.41) is 2.77. The van der Waals surface area contributed by atoms with E-state index in [1.54, 1.807) is 36.5 Å². The molecule has 1 atom stereocenters. The molecule has 2 amide bonds. The second kappa shape index (κ2) is 10.0. The lowest BCUT2D eigenvalue weighted by atomic mass is 10.1. The minimum absolute atomic E-state index is 0.116. The van der Waals surface area contributed by atoms with Crippen molar-refractivity contribution in [1.29, 1.82) is 0 Å². The van der Waals surface area contributed by atoms with Crippen molar-refractivity contribution >= 4 is 27.4 Å². The van der Waals surface area contributed by atoms with Gasteiger partial charge in [0.15, 0.2) is 0 Å². The van der Waals surface area contributed by atoms with Crippen LogP contribution < -0.4 is 10.0 Å². The number of urea groups is 1. The lowest BCUT2D eigenvalue weighted by molar-refractivity contribution is 0.217. The van der Waals surface area contributed by atoms with Gasteiger partial charge in [-0.2, -0.15) is 0 Å². The van der Waals surface area contributed by atoms with E-state index in [0.717, 1.165) is 11.4 Å². The summed E-state index contributed by atoms with van der Waals surface area (Å²) < 4.78 is 35.8. The number of sulfonamides is 1. The van der Waals surface area contributed by atoms with Crippen molar-refractivity contribution in [2.24, 2.45) is 0 Å². The van der Waals surface area contributed by atoms with Crippen molar-refractivity contribution < 1.29 is 17.9 Å². The summed E-state index contributed by atoms with van der Waals surface area (Å²) in [7, 11) is -2.20. The zero-order chi connectivity index (χ0) is 23.3. The van der Waals surface area contributed by atoms with Crippen LogP contribution in [0.2, 0.25) is 0 Å². The summed E-state index contributed by atoms with van der Waals surface area (Å²) in [6.45, 7) is 6.87. The van der Waals surface area contributed by atoms with Gasteiger partial charge in [-0.05, 0) is 51.1 Å². The predicted octanol–water partition coefficient (Wildman–Crippen LogP) is 3.19. The second-order valence-electron chi connectivity index (χ2n) is 7.35. The molecule has 1 aromatic carbocycles. The number of allylic oxidation sites excluding steroid dienone is 2. The zero-order valence-corrected chi connectivity index (χ0v) is 19.5. The van der Waals surface area contributed by atoms with Crippen LogP contribution in [0.25, 0.3) is 5.70 Å². The number of amides is 2. The van der Waals surface area contributed by atoms with E-state index in [4.69, 9.17) is 4.74 Å². The van der Waals surface area contributed by atoms with Gasteiger partial charge in [-0.1, -0.05) is 6.08 Å². The molecule has 1 unspecified atom stereocenters. The molecule has 172 valence electrons. The van der Waals surface area contributed by atoms with Gasteiger partial charge in [0.05, 0.1) is 29.7 Å². The number of hydrogen-bond donors (Lipinski definition) is 2. The fraction of sp³-hybridized carbons (Fsp3) is 0.364. The van der Waals surface area contributed by atoms with E-state index >= 15 is 0 Å². The Labute approximate surface area is 188 Å². The molecule has 1 heterocycles. The topological polar surface area (TPSA) is 106 Å². The van der Waals surface area contributed by atoms with E-state index in [2.05, 4.69) is 15.0 Å². The van der Waals surface area contributed by atoms with Crippen LogP contribution in [0.1, 0.15) is 26.0 Å². The zero-order valence-electron chi connectivity index (χ0n) is 18.7. The Balaban J connectivity index is 1.68. The summed E-state index contributed by atoms with van der Waals surface area (Å²) in [6, 6.07) is 5.42. The number of carbonyl (C=O) groups excluding carboxylic acids is 1. The van der Waals surface area contributed by atoms with Gasteiger partial charge in [0.1, 0.15) is 5.76 Å². The van der Waals surface area contributed by atoms with Crippen LogP contribution in [-0.2, 0) is 14.8 Å². The molecule has 2 aromatic rings. The van der Waals surface area contributed by atoms with Gasteiger partial charge < -0.3 is 19.5 Å². The molecule has 1 aliphatic rings. The lowest BCUT2D eigenvalue weighted by Crippen LogP contribution is -2.35. The van der Waals surface area contributed by atoms with Crippen LogP contribution in [0.5, 0.6) is 0 Å². The maximum Gasteiger partial charge on any atom is 0.321 e. The molecule has 1 aliphatic carbocycles. The molecule has 32 heavy (non-hydrogen) atoms. The minimum atomic E-state index is -3.76. The molecule has 0 spiro atoms. The van der Waals surface area contributed by atoms with Gasteiger partial charge >= 0.3 is 6.03 Å². The van der Waals surface area contributed by atoms with E-state index in [-0.39, 0.29) is 10.9 Å². The number of aromatic nitrogens is 2. The SMILES string of the molecule is CCN(CC)C(=O)Nc1ccc(S(=O)(=O)NC2C=CC(n3cnc(C)c3)=C(OC)C2)cc1. The molecular formula is C22H29N5O4S. The Hall–Kier alpha value is -3.11. The second-order valence-corrected chi connectivity index (χ2v) is 9.07. The highest BCUT2D eigenvalue weighted by molar-refractivity contribution is 7.89. The Bertz CT molecular complexity index is 1120. The van der Waals surface area contributed by atoms with E-state index in [1.165, 1.54) is 12.1 Å². The number of imidazole rings is 1. The minimum Gasteiger partial charge on any atom is -0.499 e. The van der Waals surface area contributed by atoms with Gasteiger partial charge in [0, 0.05) is 37.4 Å². The van der Waals surface area contributed by atoms with Crippen molar-refractivity contribution in [3.05, 3.63) is 60.4 Å². The van der Waals surface area contributed by atoms with Crippen LogP contribution in [-0.4, -0.2) is 55.1 Å². The highest BCUT2D eigenvalue weighted by Crippen LogP contribution is 2.25. The number of carbonyl (C=O) groups is 1. The Morgan fingerprint density at radius 3 is 2.50 bits per heavy atom. The quantitative estimate of drug-likeness (QED) is 0.631. The average Bonchev–Trinajstić information content (AvgIpc) is 3.20. The van der Waals surface area contributed by atoms with Crippen LogP contribution in [0.15, 0.2) is 59.6 Å². The van der Waals surface area contributed by atoms with Gasteiger partial charge in [0.2, 0.25) is 10.0 Å². The largest absolute Gasteiger partial charge is 0.499 e. The molecule has 0 saturated heterocycles. The number of nitrogens with one attached hydrogen (secondary N) is 2. The number of ether oxygens (including phenoxy) is 1. The first-order valence-electron chi connectivity index (χ1n) is 10.4. The summed E-state index contributed by atoms with van der Waals surface area (Å²) in [5.41, 5.74) is 2.22. The molecular weight excluding hydrogens is 430 g/mol. The molecule has 3 rings (SSSR count). The smallest absolute Gasteiger partial charge is 0.321 e. The average molecular weight is 460 g/mol. The van der Waals surface area contributed by atoms with Gasteiger partial charge in [-0.3, -0.25) is 0 Å². The molecule has 0 saturated carbocycles. The van der Waals surface area contributed by atoms with Crippen molar-refractivity contribution in [2.75, 3.05) is 25.5 Å². The predicted molar refractivity (Wildman–Crippen MR) is 123 cm³/mol. The molecule has 1 aromatic heterocycles. The van der Waals surface area contributed by atoms with Crippen molar-refractivity contribution in [3.63, 3.8) is 0 Å².